The topological polar surface area (TPSA) is 67.6 Å². The summed E-state index contributed by atoms with van der Waals surface area (Å²) >= 11 is 0. The van der Waals surface area contributed by atoms with Crippen molar-refractivity contribution in [2.75, 3.05) is 0 Å². The van der Waals surface area contributed by atoms with Gasteiger partial charge in [0.05, 0.1) is 17.3 Å². The zero-order valence-corrected chi connectivity index (χ0v) is 22.4. The number of benzene rings is 4. The SMILES string of the molecule is Cc1nc(CCC(C#N)(c2ccccc2)c2ccccc2)cn1CCC(N)(c1ccccc1)c1ccccc1. The van der Waals surface area contributed by atoms with Crippen molar-refractivity contribution in [2.45, 2.75) is 43.7 Å². The van der Waals surface area contributed by atoms with E-state index in [0.29, 0.717) is 12.8 Å². The molecule has 0 radical (unpaired) electrons. The van der Waals surface area contributed by atoms with Gasteiger partial charge in [-0.25, -0.2) is 4.98 Å². The van der Waals surface area contributed by atoms with Crippen LogP contribution in [0, 0.1) is 18.3 Å². The minimum atomic E-state index is -0.743. The van der Waals surface area contributed by atoms with Gasteiger partial charge in [0.15, 0.2) is 0 Å². The Labute approximate surface area is 231 Å². The number of hydrogen-bond acceptors (Lipinski definition) is 3. The van der Waals surface area contributed by atoms with Gasteiger partial charge < -0.3 is 10.3 Å². The van der Waals surface area contributed by atoms with Gasteiger partial charge in [-0.1, -0.05) is 121 Å². The lowest BCUT2D eigenvalue weighted by Gasteiger charge is -2.31. The Morgan fingerprint density at radius 3 is 1.56 bits per heavy atom. The summed E-state index contributed by atoms with van der Waals surface area (Å²) in [7, 11) is 0. The number of hydrogen-bond donors (Lipinski definition) is 1. The van der Waals surface area contributed by atoms with Crippen molar-refractivity contribution in [1.82, 2.24) is 9.55 Å². The van der Waals surface area contributed by atoms with Crippen molar-refractivity contribution in [1.29, 1.82) is 5.26 Å². The predicted molar refractivity (Wildman–Crippen MR) is 157 cm³/mol. The molecule has 0 saturated carbocycles. The minimum Gasteiger partial charge on any atom is -0.335 e. The normalized spacial score (nSPS) is 11.7. The number of imidazole rings is 1. The number of rotatable bonds is 10. The predicted octanol–water partition coefficient (Wildman–Crippen LogP) is 6.93. The van der Waals surface area contributed by atoms with E-state index in [1.807, 2.05) is 104 Å². The monoisotopic (exact) mass is 510 g/mol. The Morgan fingerprint density at radius 2 is 1.13 bits per heavy atom. The van der Waals surface area contributed by atoms with E-state index in [-0.39, 0.29) is 0 Å². The van der Waals surface area contributed by atoms with E-state index in [4.69, 9.17) is 10.7 Å². The molecule has 5 aromatic rings. The molecule has 0 aliphatic rings. The Balaban J connectivity index is 1.38. The summed E-state index contributed by atoms with van der Waals surface area (Å²) in [5.41, 5.74) is 11.0. The first-order chi connectivity index (χ1) is 19.0. The van der Waals surface area contributed by atoms with Crippen LogP contribution in [-0.4, -0.2) is 9.55 Å². The van der Waals surface area contributed by atoms with Gasteiger partial charge in [0, 0.05) is 12.7 Å². The molecular weight excluding hydrogens is 476 g/mol. The average Bonchev–Trinajstić information content (AvgIpc) is 3.37. The van der Waals surface area contributed by atoms with Gasteiger partial charge >= 0.3 is 0 Å². The van der Waals surface area contributed by atoms with Crippen LogP contribution in [0.25, 0.3) is 0 Å². The Kier molecular flexibility index (Phi) is 7.72. The average molecular weight is 511 g/mol. The summed E-state index contributed by atoms with van der Waals surface area (Å²) in [5, 5.41) is 10.5. The second-order valence-corrected chi connectivity index (χ2v) is 10.2. The van der Waals surface area contributed by atoms with E-state index in [0.717, 1.165) is 46.7 Å². The molecule has 0 aliphatic heterocycles. The van der Waals surface area contributed by atoms with Crippen LogP contribution < -0.4 is 5.73 Å². The lowest BCUT2D eigenvalue weighted by molar-refractivity contribution is 0.444. The molecule has 4 aromatic carbocycles. The molecule has 0 aliphatic carbocycles. The van der Waals surface area contributed by atoms with Gasteiger partial charge in [0.25, 0.3) is 0 Å². The molecule has 0 spiro atoms. The number of nitrogens with two attached hydrogens (primary N) is 1. The van der Waals surface area contributed by atoms with E-state index < -0.39 is 11.0 Å². The summed E-state index contributed by atoms with van der Waals surface area (Å²) in [5.74, 6) is 0.954. The third kappa shape index (κ3) is 5.41. The highest BCUT2D eigenvalue weighted by molar-refractivity contribution is 5.46. The highest BCUT2D eigenvalue weighted by Gasteiger charge is 2.34. The molecule has 194 valence electrons. The molecule has 5 rings (SSSR count). The molecule has 4 heteroatoms. The number of nitrogens with zero attached hydrogens (tertiary/aromatic N) is 3. The van der Waals surface area contributed by atoms with Crippen molar-refractivity contribution in [3.05, 3.63) is 161 Å². The van der Waals surface area contributed by atoms with Crippen molar-refractivity contribution in [3.63, 3.8) is 0 Å². The van der Waals surface area contributed by atoms with Crippen LogP contribution in [-0.2, 0) is 23.9 Å². The van der Waals surface area contributed by atoms with Gasteiger partial charge in [-0.05, 0) is 48.4 Å². The molecular formula is C35H34N4. The third-order valence-corrected chi connectivity index (χ3v) is 7.83. The quantitative estimate of drug-likeness (QED) is 0.222. The molecule has 0 bridgehead atoms. The first-order valence-corrected chi connectivity index (χ1v) is 13.5. The zero-order valence-electron chi connectivity index (χ0n) is 22.4. The van der Waals surface area contributed by atoms with Crippen LogP contribution in [0.3, 0.4) is 0 Å². The van der Waals surface area contributed by atoms with Crippen LogP contribution >= 0.6 is 0 Å². The molecule has 0 atom stereocenters. The Hall–Kier alpha value is -4.46. The summed E-state index contributed by atoms with van der Waals surface area (Å²) in [6, 6.07) is 43.5. The number of aryl methyl sites for hydroxylation is 3. The standard InChI is InChI=1S/C35H34N4/c1-28-38-33(22-23-34(27-36,29-14-6-2-7-15-29)30-16-8-3-9-17-30)26-39(28)25-24-35(37,31-18-10-4-11-19-31)32-20-12-5-13-21-32/h2-21,26H,22-25,37H2,1H3. The van der Waals surface area contributed by atoms with Gasteiger partial charge in [-0.3, -0.25) is 0 Å². The summed E-state index contributed by atoms with van der Waals surface area (Å²) in [6.07, 6.45) is 4.19. The molecule has 0 unspecified atom stereocenters. The minimum absolute atomic E-state index is 0.615. The van der Waals surface area contributed by atoms with Gasteiger partial charge in [-0.2, -0.15) is 5.26 Å². The summed E-state index contributed by atoms with van der Waals surface area (Å²) in [6.45, 7) is 2.78. The molecule has 0 saturated heterocycles. The van der Waals surface area contributed by atoms with E-state index in [1.54, 1.807) is 0 Å². The van der Waals surface area contributed by atoms with Gasteiger partial charge in [-0.15, -0.1) is 0 Å². The van der Waals surface area contributed by atoms with E-state index in [1.165, 1.54) is 0 Å². The second-order valence-electron chi connectivity index (χ2n) is 10.2. The highest BCUT2D eigenvalue weighted by atomic mass is 15.1. The fourth-order valence-corrected chi connectivity index (χ4v) is 5.55. The zero-order chi connectivity index (χ0) is 27.1. The molecule has 0 fully saturated rings. The first-order valence-electron chi connectivity index (χ1n) is 13.5. The fraction of sp³-hybridized carbons (Fsp3) is 0.200. The van der Waals surface area contributed by atoms with Crippen LogP contribution in [0.2, 0.25) is 0 Å². The van der Waals surface area contributed by atoms with Crippen molar-refractivity contribution >= 4 is 0 Å². The van der Waals surface area contributed by atoms with Crippen LogP contribution in [0.15, 0.2) is 128 Å². The first kappa shape index (κ1) is 26.2. The number of nitriles is 1. The van der Waals surface area contributed by atoms with E-state index in [2.05, 4.69) is 41.1 Å². The summed E-state index contributed by atoms with van der Waals surface area (Å²) < 4.78 is 2.20. The lowest BCUT2D eigenvalue weighted by atomic mass is 9.72. The maximum Gasteiger partial charge on any atom is 0.107 e. The molecule has 4 nitrogen and oxygen atoms in total. The molecule has 39 heavy (non-hydrogen) atoms. The third-order valence-electron chi connectivity index (χ3n) is 7.83. The summed E-state index contributed by atoms with van der Waals surface area (Å²) in [4.78, 5) is 4.89. The van der Waals surface area contributed by atoms with Crippen LogP contribution in [0.4, 0.5) is 0 Å². The molecule has 1 aromatic heterocycles. The van der Waals surface area contributed by atoms with Gasteiger partial charge in [0.1, 0.15) is 11.2 Å². The molecule has 1 heterocycles. The van der Waals surface area contributed by atoms with Gasteiger partial charge in [0.2, 0.25) is 0 Å². The number of aromatic nitrogens is 2. The molecule has 0 amide bonds. The maximum absolute atomic E-state index is 10.5. The van der Waals surface area contributed by atoms with Crippen molar-refractivity contribution in [3.8, 4) is 6.07 Å². The smallest absolute Gasteiger partial charge is 0.107 e. The van der Waals surface area contributed by atoms with Crippen molar-refractivity contribution in [2.24, 2.45) is 5.73 Å². The fourth-order valence-electron chi connectivity index (χ4n) is 5.55. The maximum atomic E-state index is 10.5. The highest BCUT2D eigenvalue weighted by Crippen LogP contribution is 2.36. The van der Waals surface area contributed by atoms with Crippen LogP contribution in [0.5, 0.6) is 0 Å². The Bertz CT molecular complexity index is 1440. The lowest BCUT2D eigenvalue weighted by Crippen LogP contribution is -2.39. The largest absolute Gasteiger partial charge is 0.335 e. The van der Waals surface area contributed by atoms with Crippen molar-refractivity contribution < 1.29 is 0 Å². The Morgan fingerprint density at radius 1 is 0.692 bits per heavy atom. The second kappa shape index (κ2) is 11.5. The van der Waals surface area contributed by atoms with E-state index >= 15 is 0 Å². The van der Waals surface area contributed by atoms with E-state index in [9.17, 15) is 5.26 Å². The van der Waals surface area contributed by atoms with Crippen LogP contribution in [0.1, 0.15) is 46.6 Å². The molecule has 2 N–H and O–H groups in total.